The summed E-state index contributed by atoms with van der Waals surface area (Å²) in [7, 11) is 0. The number of phenols is 2. The molecule has 0 atom stereocenters. The minimum absolute atomic E-state index is 0.123. The molecule has 4 nitrogen and oxygen atoms in total. The van der Waals surface area contributed by atoms with Crippen molar-refractivity contribution in [3.63, 3.8) is 0 Å². The molecule has 2 aromatic carbocycles. The van der Waals surface area contributed by atoms with Gasteiger partial charge in [-0.05, 0) is 44.2 Å². The Morgan fingerprint density at radius 2 is 1.73 bits per heavy atom. The summed E-state index contributed by atoms with van der Waals surface area (Å²) in [6.45, 7) is 4.50. The van der Waals surface area contributed by atoms with Crippen molar-refractivity contribution in [1.29, 1.82) is 0 Å². The van der Waals surface area contributed by atoms with Crippen molar-refractivity contribution in [3.05, 3.63) is 54.2 Å². The number of hydrogen-bond donors (Lipinski definition) is 2. The van der Waals surface area contributed by atoms with Crippen LogP contribution >= 0.6 is 0 Å². The average molecular weight is 297 g/mol. The molecule has 0 radical (unpaired) electrons. The number of rotatable bonds is 4. The summed E-state index contributed by atoms with van der Waals surface area (Å²) in [4.78, 5) is 0. The molecule has 1 aromatic heterocycles. The van der Waals surface area contributed by atoms with Crippen molar-refractivity contribution in [1.82, 2.24) is 4.57 Å². The van der Waals surface area contributed by atoms with Crippen LogP contribution in [0, 0.1) is 0 Å². The first kappa shape index (κ1) is 14.3. The molecule has 0 aliphatic heterocycles. The molecular formula is C18H19NO3. The topological polar surface area (TPSA) is 54.6 Å². The van der Waals surface area contributed by atoms with Crippen LogP contribution in [0.1, 0.15) is 25.6 Å². The summed E-state index contributed by atoms with van der Waals surface area (Å²) < 4.78 is 7.86. The lowest BCUT2D eigenvalue weighted by molar-refractivity contribution is 0.278. The number of benzene rings is 2. The van der Waals surface area contributed by atoms with Crippen molar-refractivity contribution in [2.75, 3.05) is 0 Å². The van der Waals surface area contributed by atoms with Crippen molar-refractivity contribution in [3.8, 4) is 17.2 Å². The first-order valence-electron chi connectivity index (χ1n) is 7.30. The van der Waals surface area contributed by atoms with Gasteiger partial charge < -0.3 is 19.5 Å². The number of fused-ring (bicyclic) bond motifs is 1. The third-order valence-electron chi connectivity index (χ3n) is 3.70. The van der Waals surface area contributed by atoms with E-state index in [2.05, 4.69) is 18.4 Å². The zero-order chi connectivity index (χ0) is 15.7. The van der Waals surface area contributed by atoms with Crippen molar-refractivity contribution in [2.24, 2.45) is 0 Å². The molecule has 0 aliphatic rings. The van der Waals surface area contributed by atoms with Crippen LogP contribution in [0.25, 0.3) is 10.9 Å². The normalized spacial score (nSPS) is 11.2. The molecule has 0 bridgehead atoms. The Labute approximate surface area is 129 Å². The lowest BCUT2D eigenvalue weighted by Gasteiger charge is -2.15. The van der Waals surface area contributed by atoms with Crippen molar-refractivity contribution < 1.29 is 14.9 Å². The third-order valence-corrected chi connectivity index (χ3v) is 3.70. The summed E-state index contributed by atoms with van der Waals surface area (Å²) in [5.41, 5.74) is 1.93. The largest absolute Gasteiger partial charge is 0.507 e. The molecule has 114 valence electrons. The third kappa shape index (κ3) is 2.48. The van der Waals surface area contributed by atoms with E-state index in [1.165, 1.54) is 0 Å². The van der Waals surface area contributed by atoms with Gasteiger partial charge in [0.15, 0.2) is 11.5 Å². The maximum atomic E-state index is 10.0. The first-order chi connectivity index (χ1) is 10.6. The zero-order valence-electron chi connectivity index (χ0n) is 12.7. The maximum Gasteiger partial charge on any atom is 0.161 e. The number of aromatic hydroxyl groups is 2. The van der Waals surface area contributed by atoms with Gasteiger partial charge in [0.05, 0.1) is 11.2 Å². The van der Waals surface area contributed by atoms with Gasteiger partial charge in [-0.25, -0.2) is 0 Å². The smallest absolute Gasteiger partial charge is 0.161 e. The van der Waals surface area contributed by atoms with Crippen LogP contribution in [-0.4, -0.2) is 14.8 Å². The molecule has 3 rings (SSSR count). The molecule has 0 fully saturated rings. The van der Waals surface area contributed by atoms with Crippen LogP contribution in [0.2, 0.25) is 0 Å². The molecule has 0 aliphatic carbocycles. The second-order valence-corrected chi connectivity index (χ2v) is 5.57. The van der Waals surface area contributed by atoms with E-state index in [0.717, 1.165) is 16.6 Å². The van der Waals surface area contributed by atoms with Gasteiger partial charge in [0.25, 0.3) is 0 Å². The predicted octanol–water partition coefficient (Wildman–Crippen LogP) is 4.21. The molecule has 0 amide bonds. The van der Waals surface area contributed by atoms with Gasteiger partial charge in [-0.3, -0.25) is 0 Å². The van der Waals surface area contributed by atoms with Crippen LogP contribution in [0.15, 0.2) is 48.5 Å². The quantitative estimate of drug-likeness (QED) is 0.758. The molecule has 1 heterocycles. The number of para-hydroxylation sites is 2. The van der Waals surface area contributed by atoms with Crippen LogP contribution in [0.4, 0.5) is 0 Å². The summed E-state index contributed by atoms with van der Waals surface area (Å²) in [5.74, 6) is 0.838. The van der Waals surface area contributed by atoms with E-state index >= 15 is 0 Å². The standard InChI is InChI=1S/C18H19NO3/c1-12(2)19-13(10-14-15(19)6-5-8-16(14)20)11-22-18-9-4-3-7-17(18)21/h3-10,12,20-21H,11H2,1-2H3. The Balaban J connectivity index is 1.98. The van der Waals surface area contributed by atoms with Crippen LogP contribution < -0.4 is 4.74 Å². The first-order valence-corrected chi connectivity index (χ1v) is 7.30. The SMILES string of the molecule is CC(C)n1c(COc2ccccc2O)cc2c(O)cccc21. The number of phenolic OH excluding ortho intramolecular Hbond substituents is 2. The van der Waals surface area contributed by atoms with E-state index in [0.29, 0.717) is 12.4 Å². The fraction of sp³-hybridized carbons (Fsp3) is 0.222. The Kier molecular flexibility index (Phi) is 3.67. The molecule has 0 saturated heterocycles. The number of nitrogens with zero attached hydrogens (tertiary/aromatic N) is 1. The minimum Gasteiger partial charge on any atom is -0.507 e. The van der Waals surface area contributed by atoms with Gasteiger partial charge in [-0.1, -0.05) is 18.2 Å². The highest BCUT2D eigenvalue weighted by atomic mass is 16.5. The van der Waals surface area contributed by atoms with Gasteiger partial charge >= 0.3 is 0 Å². The van der Waals surface area contributed by atoms with E-state index in [4.69, 9.17) is 4.74 Å². The number of hydrogen-bond acceptors (Lipinski definition) is 3. The Bertz CT molecular complexity index is 805. The molecule has 0 spiro atoms. The van der Waals surface area contributed by atoms with Gasteiger partial charge in [0, 0.05) is 11.4 Å². The van der Waals surface area contributed by atoms with E-state index in [-0.39, 0.29) is 17.5 Å². The second kappa shape index (κ2) is 5.64. The zero-order valence-corrected chi connectivity index (χ0v) is 12.7. The minimum atomic E-state index is 0.123. The molecule has 3 aromatic rings. The van der Waals surface area contributed by atoms with E-state index in [1.54, 1.807) is 24.3 Å². The van der Waals surface area contributed by atoms with E-state index in [9.17, 15) is 10.2 Å². The molecule has 2 N–H and O–H groups in total. The predicted molar refractivity (Wildman–Crippen MR) is 86.4 cm³/mol. The van der Waals surface area contributed by atoms with E-state index in [1.807, 2.05) is 24.3 Å². The average Bonchev–Trinajstić information content (AvgIpc) is 2.86. The molecule has 22 heavy (non-hydrogen) atoms. The summed E-state index contributed by atoms with van der Waals surface area (Å²) >= 11 is 0. The van der Waals surface area contributed by atoms with Gasteiger partial charge in [-0.15, -0.1) is 0 Å². The Morgan fingerprint density at radius 3 is 2.45 bits per heavy atom. The molecular weight excluding hydrogens is 278 g/mol. The fourth-order valence-corrected chi connectivity index (χ4v) is 2.74. The van der Waals surface area contributed by atoms with Crippen molar-refractivity contribution >= 4 is 10.9 Å². The fourth-order valence-electron chi connectivity index (χ4n) is 2.74. The van der Waals surface area contributed by atoms with E-state index < -0.39 is 0 Å². The van der Waals surface area contributed by atoms with Crippen LogP contribution in [0.5, 0.6) is 17.2 Å². The maximum absolute atomic E-state index is 10.0. The van der Waals surface area contributed by atoms with Gasteiger partial charge in [0.1, 0.15) is 12.4 Å². The number of ether oxygens (including phenoxy) is 1. The lowest BCUT2D eigenvalue weighted by atomic mass is 10.2. The molecule has 4 heteroatoms. The highest BCUT2D eigenvalue weighted by Gasteiger charge is 2.14. The summed E-state index contributed by atoms with van der Waals surface area (Å²) in [5, 5.41) is 20.6. The lowest BCUT2D eigenvalue weighted by Crippen LogP contribution is -2.08. The highest BCUT2D eigenvalue weighted by molar-refractivity contribution is 5.87. The van der Waals surface area contributed by atoms with Crippen LogP contribution in [-0.2, 0) is 6.61 Å². The summed E-state index contributed by atoms with van der Waals surface area (Å²) in [6.07, 6.45) is 0. The van der Waals surface area contributed by atoms with Gasteiger partial charge in [0.2, 0.25) is 0 Å². The monoisotopic (exact) mass is 297 g/mol. The van der Waals surface area contributed by atoms with Crippen LogP contribution in [0.3, 0.4) is 0 Å². The highest BCUT2D eigenvalue weighted by Crippen LogP contribution is 2.32. The Morgan fingerprint density at radius 1 is 1.00 bits per heavy atom. The summed E-state index contributed by atoms with van der Waals surface area (Å²) in [6, 6.07) is 14.6. The second-order valence-electron chi connectivity index (χ2n) is 5.57. The van der Waals surface area contributed by atoms with Crippen molar-refractivity contribution in [2.45, 2.75) is 26.5 Å². The molecule has 0 saturated carbocycles. The molecule has 0 unspecified atom stereocenters. The van der Waals surface area contributed by atoms with Gasteiger partial charge in [-0.2, -0.15) is 0 Å². The number of aromatic nitrogens is 1. The Hall–Kier alpha value is -2.62.